The Hall–Kier alpha value is -2.08. The van der Waals surface area contributed by atoms with Crippen LogP contribution in [0.25, 0.3) is 0 Å². The van der Waals surface area contributed by atoms with Crippen molar-refractivity contribution >= 4 is 21.0 Å². The van der Waals surface area contributed by atoms with Gasteiger partial charge in [-0.15, -0.1) is 0 Å². The van der Waals surface area contributed by atoms with Crippen LogP contribution in [-0.4, -0.2) is 18.7 Å². The molecular formula is C27H34O3S2. The minimum Gasteiger partial charge on any atom is -0.748 e. The molecule has 3 rings (SSSR count). The number of hydrogen-bond donors (Lipinski definition) is 0. The molecule has 0 bridgehead atoms. The van der Waals surface area contributed by atoms with Gasteiger partial charge in [0.1, 0.15) is 0 Å². The molecule has 0 spiro atoms. The Kier molecular flexibility index (Phi) is 11.6. The average Bonchev–Trinajstić information content (AvgIpc) is 2.79. The third kappa shape index (κ3) is 10.0. The molecule has 0 aliphatic heterocycles. The summed E-state index contributed by atoms with van der Waals surface area (Å²) >= 11 is 0. The Bertz CT molecular complexity index is 947. The molecule has 0 atom stereocenters. The lowest BCUT2D eigenvalue weighted by molar-refractivity contribution is 0.459. The highest BCUT2D eigenvalue weighted by Crippen LogP contribution is 2.30. The normalized spacial score (nSPS) is 11.1. The second-order valence-corrected chi connectivity index (χ2v) is 11.3. The van der Waals surface area contributed by atoms with E-state index in [1.165, 1.54) is 33.1 Å². The first-order valence-electron chi connectivity index (χ1n) is 11.3. The molecule has 172 valence electrons. The van der Waals surface area contributed by atoms with E-state index in [1.807, 2.05) is 0 Å². The van der Waals surface area contributed by atoms with E-state index in [9.17, 15) is 13.0 Å². The largest absolute Gasteiger partial charge is 0.748 e. The summed E-state index contributed by atoms with van der Waals surface area (Å²) in [5.41, 5.74) is 1.30. The lowest BCUT2D eigenvalue weighted by atomic mass is 10.1. The van der Waals surface area contributed by atoms with E-state index in [2.05, 4.69) is 98.8 Å². The standard InChI is InChI=1S/C19H17S.C8H18O3S/c1-16-12-14-19(15-13-16)20(17-8-4-2-5-9-17)18-10-6-3-7-11-18;1-2-3-4-5-6-7-8-12(9,10)11/h2-15H,1H3;2-8H2,1H3,(H,9,10,11)/q+1;/p-1. The van der Waals surface area contributed by atoms with Crippen LogP contribution in [0.4, 0.5) is 0 Å². The van der Waals surface area contributed by atoms with Gasteiger partial charge in [0.05, 0.1) is 21.0 Å². The Labute approximate surface area is 197 Å². The molecule has 0 saturated heterocycles. The maximum atomic E-state index is 10.2. The number of rotatable bonds is 10. The molecular weight excluding hydrogens is 436 g/mol. The molecule has 0 aliphatic carbocycles. The van der Waals surface area contributed by atoms with Gasteiger partial charge < -0.3 is 4.55 Å². The molecule has 3 nitrogen and oxygen atoms in total. The molecule has 0 heterocycles. The lowest BCUT2D eigenvalue weighted by Gasteiger charge is -2.07. The van der Waals surface area contributed by atoms with Crippen LogP contribution in [0.15, 0.2) is 99.6 Å². The second kappa shape index (κ2) is 14.1. The third-order valence-corrected chi connectivity index (χ3v) is 7.98. The van der Waals surface area contributed by atoms with E-state index in [0.29, 0.717) is 6.42 Å². The summed E-state index contributed by atoms with van der Waals surface area (Å²) in [5, 5.41) is 0. The smallest absolute Gasteiger partial charge is 0.166 e. The molecule has 0 N–H and O–H groups in total. The van der Waals surface area contributed by atoms with Crippen molar-refractivity contribution in [2.45, 2.75) is 67.1 Å². The Morgan fingerprint density at radius 2 is 1.09 bits per heavy atom. The van der Waals surface area contributed by atoms with Gasteiger partial charge in [-0.05, 0) is 49.7 Å². The summed E-state index contributed by atoms with van der Waals surface area (Å²) in [7, 11) is -3.99. The zero-order valence-corrected chi connectivity index (χ0v) is 20.7. The fraction of sp³-hybridized carbons (Fsp3) is 0.333. The summed E-state index contributed by atoms with van der Waals surface area (Å²) in [6, 6.07) is 30.4. The van der Waals surface area contributed by atoms with Gasteiger partial charge >= 0.3 is 0 Å². The van der Waals surface area contributed by atoms with Gasteiger partial charge in [-0.1, -0.05) is 93.1 Å². The van der Waals surface area contributed by atoms with Crippen LogP contribution in [0.2, 0.25) is 0 Å². The molecule has 0 fully saturated rings. The fourth-order valence-corrected chi connectivity index (χ4v) is 5.90. The molecule has 0 saturated carbocycles. The Balaban J connectivity index is 0.000000262. The van der Waals surface area contributed by atoms with Gasteiger partial charge in [-0.25, -0.2) is 8.42 Å². The van der Waals surface area contributed by atoms with Gasteiger partial charge in [0.2, 0.25) is 0 Å². The molecule has 0 aliphatic rings. The second-order valence-electron chi connectivity index (χ2n) is 7.77. The van der Waals surface area contributed by atoms with Gasteiger partial charge in [0, 0.05) is 5.75 Å². The van der Waals surface area contributed by atoms with Crippen molar-refractivity contribution in [1.29, 1.82) is 0 Å². The maximum absolute atomic E-state index is 10.2. The number of hydrogen-bond acceptors (Lipinski definition) is 3. The zero-order chi connectivity index (χ0) is 23.2. The van der Waals surface area contributed by atoms with Crippen molar-refractivity contribution in [1.82, 2.24) is 0 Å². The molecule has 0 amide bonds. The highest BCUT2D eigenvalue weighted by molar-refractivity contribution is 7.97. The average molecular weight is 471 g/mol. The summed E-state index contributed by atoms with van der Waals surface area (Å²) in [4.78, 5) is 4.10. The van der Waals surface area contributed by atoms with Crippen molar-refractivity contribution in [3.05, 3.63) is 90.5 Å². The van der Waals surface area contributed by atoms with Crippen LogP contribution >= 0.6 is 0 Å². The van der Waals surface area contributed by atoms with Crippen molar-refractivity contribution in [2.24, 2.45) is 0 Å². The van der Waals surface area contributed by atoms with Crippen LogP contribution < -0.4 is 0 Å². The topological polar surface area (TPSA) is 57.2 Å². The van der Waals surface area contributed by atoms with Crippen LogP contribution in [0.3, 0.4) is 0 Å². The molecule has 0 radical (unpaired) electrons. The number of benzene rings is 3. The monoisotopic (exact) mass is 470 g/mol. The fourth-order valence-electron chi connectivity index (χ4n) is 3.25. The molecule has 0 unspecified atom stereocenters. The van der Waals surface area contributed by atoms with E-state index in [4.69, 9.17) is 0 Å². The quantitative estimate of drug-likeness (QED) is 0.182. The van der Waals surface area contributed by atoms with Crippen molar-refractivity contribution < 1.29 is 13.0 Å². The molecule has 32 heavy (non-hydrogen) atoms. The highest BCUT2D eigenvalue weighted by atomic mass is 32.2. The molecule has 3 aromatic rings. The van der Waals surface area contributed by atoms with Crippen LogP contribution in [0.1, 0.15) is 51.0 Å². The summed E-state index contributed by atoms with van der Waals surface area (Å²) in [6.45, 7) is 4.26. The van der Waals surface area contributed by atoms with Crippen LogP contribution in [0.5, 0.6) is 0 Å². The predicted octanol–water partition coefficient (Wildman–Crippen LogP) is 6.98. The van der Waals surface area contributed by atoms with Gasteiger partial charge in [0.15, 0.2) is 14.7 Å². The van der Waals surface area contributed by atoms with Gasteiger partial charge in [-0.3, -0.25) is 0 Å². The molecule has 3 aromatic carbocycles. The number of aryl methyl sites for hydroxylation is 1. The maximum Gasteiger partial charge on any atom is 0.166 e. The van der Waals surface area contributed by atoms with Crippen molar-refractivity contribution in [3.8, 4) is 0 Å². The Morgan fingerprint density at radius 1 is 0.656 bits per heavy atom. The Morgan fingerprint density at radius 3 is 1.56 bits per heavy atom. The van der Waals surface area contributed by atoms with Crippen LogP contribution in [-0.2, 0) is 21.0 Å². The molecule has 5 heteroatoms. The first-order chi connectivity index (χ1) is 15.4. The third-order valence-electron chi connectivity index (χ3n) is 4.96. The first kappa shape index (κ1) is 26.2. The van der Waals surface area contributed by atoms with E-state index >= 15 is 0 Å². The van der Waals surface area contributed by atoms with Gasteiger partial charge in [-0.2, -0.15) is 0 Å². The summed E-state index contributed by atoms with van der Waals surface area (Å²) in [5.74, 6) is -0.195. The zero-order valence-electron chi connectivity index (χ0n) is 19.1. The summed E-state index contributed by atoms with van der Waals surface area (Å²) in [6.07, 6.45) is 5.96. The van der Waals surface area contributed by atoms with Crippen molar-refractivity contribution in [3.63, 3.8) is 0 Å². The highest BCUT2D eigenvalue weighted by Gasteiger charge is 2.27. The minimum absolute atomic E-state index is 0.0229. The van der Waals surface area contributed by atoms with E-state index < -0.39 is 10.1 Å². The predicted molar refractivity (Wildman–Crippen MR) is 134 cm³/mol. The lowest BCUT2D eigenvalue weighted by Crippen LogP contribution is -2.04. The van der Waals surface area contributed by atoms with Crippen LogP contribution in [0, 0.1) is 6.92 Å². The first-order valence-corrected chi connectivity index (χ1v) is 14.1. The summed E-state index contributed by atoms with van der Waals surface area (Å²) < 4.78 is 30.5. The molecule has 0 aromatic heterocycles. The van der Waals surface area contributed by atoms with E-state index in [-0.39, 0.29) is 16.6 Å². The number of unbranched alkanes of at least 4 members (excludes halogenated alkanes) is 5. The van der Waals surface area contributed by atoms with E-state index in [0.717, 1.165) is 19.3 Å². The van der Waals surface area contributed by atoms with Gasteiger partial charge in [0.25, 0.3) is 0 Å². The van der Waals surface area contributed by atoms with E-state index in [1.54, 1.807) is 0 Å². The SMILES string of the molecule is CCCCCCCCS(=O)(=O)[O-].Cc1ccc([S+](c2ccccc2)c2ccccc2)cc1. The minimum atomic E-state index is -3.97. The van der Waals surface area contributed by atoms with Crippen molar-refractivity contribution in [2.75, 3.05) is 5.75 Å².